The Morgan fingerprint density at radius 2 is 2.05 bits per heavy atom. The molecule has 19 heavy (non-hydrogen) atoms. The predicted octanol–water partition coefficient (Wildman–Crippen LogP) is 5.23. The minimum absolute atomic E-state index is 0.00698. The molecule has 0 fully saturated rings. The molecule has 2 aromatic heterocycles. The quantitative estimate of drug-likeness (QED) is 0.776. The second-order valence-electron chi connectivity index (χ2n) is 3.98. The van der Waals surface area contributed by atoms with Crippen LogP contribution < -0.4 is 5.32 Å². The summed E-state index contributed by atoms with van der Waals surface area (Å²) in [6.45, 7) is 4.10. The molecule has 1 N–H and O–H groups in total. The molecule has 0 aliphatic rings. The SMILES string of the molecule is CCc1cnc(C(C)Nc2nc(Cl)c(Cl)cc2Cl)s1. The van der Waals surface area contributed by atoms with Gasteiger partial charge in [-0.1, -0.05) is 41.7 Å². The largest absolute Gasteiger partial charge is 0.360 e. The van der Waals surface area contributed by atoms with Crippen molar-refractivity contribution in [1.29, 1.82) is 0 Å². The molecule has 7 heteroatoms. The molecule has 0 radical (unpaired) electrons. The van der Waals surface area contributed by atoms with Crippen molar-refractivity contribution in [2.75, 3.05) is 5.32 Å². The Hall–Kier alpha value is -0.550. The van der Waals surface area contributed by atoms with Gasteiger partial charge in [0.05, 0.1) is 16.1 Å². The van der Waals surface area contributed by atoms with Gasteiger partial charge in [0.2, 0.25) is 0 Å². The zero-order valence-electron chi connectivity index (χ0n) is 10.4. The maximum atomic E-state index is 6.08. The van der Waals surface area contributed by atoms with Crippen LogP contribution in [-0.4, -0.2) is 9.97 Å². The van der Waals surface area contributed by atoms with E-state index < -0.39 is 0 Å². The minimum atomic E-state index is 0.00698. The second-order valence-corrected chi connectivity index (χ2v) is 6.30. The summed E-state index contributed by atoms with van der Waals surface area (Å²) in [5.74, 6) is 0.511. The molecule has 3 nitrogen and oxygen atoms in total. The van der Waals surface area contributed by atoms with Gasteiger partial charge < -0.3 is 5.32 Å². The van der Waals surface area contributed by atoms with Crippen LogP contribution in [0.4, 0.5) is 5.82 Å². The Labute approximate surface area is 130 Å². The molecule has 0 amide bonds. The summed E-state index contributed by atoms with van der Waals surface area (Å²) in [6.07, 6.45) is 2.87. The van der Waals surface area contributed by atoms with E-state index in [0.29, 0.717) is 15.9 Å². The van der Waals surface area contributed by atoms with Crippen LogP contribution in [0, 0.1) is 0 Å². The summed E-state index contributed by atoms with van der Waals surface area (Å²) >= 11 is 19.5. The lowest BCUT2D eigenvalue weighted by Crippen LogP contribution is -2.08. The second kappa shape index (κ2) is 6.27. The number of pyridine rings is 1. The van der Waals surface area contributed by atoms with E-state index in [2.05, 4.69) is 22.2 Å². The van der Waals surface area contributed by atoms with Gasteiger partial charge >= 0.3 is 0 Å². The van der Waals surface area contributed by atoms with E-state index in [1.54, 1.807) is 17.4 Å². The topological polar surface area (TPSA) is 37.8 Å². The number of anilines is 1. The molecule has 2 heterocycles. The predicted molar refractivity (Wildman–Crippen MR) is 82.8 cm³/mol. The summed E-state index contributed by atoms with van der Waals surface area (Å²) in [4.78, 5) is 9.76. The van der Waals surface area contributed by atoms with Gasteiger partial charge in [-0.25, -0.2) is 9.97 Å². The van der Waals surface area contributed by atoms with Crippen LogP contribution in [0.5, 0.6) is 0 Å². The lowest BCUT2D eigenvalue weighted by atomic mass is 10.3. The van der Waals surface area contributed by atoms with Crippen LogP contribution >= 0.6 is 46.1 Å². The molecule has 2 rings (SSSR count). The zero-order valence-corrected chi connectivity index (χ0v) is 13.5. The Morgan fingerprint density at radius 3 is 2.68 bits per heavy atom. The number of nitrogens with zero attached hydrogens (tertiary/aromatic N) is 2. The highest BCUT2D eigenvalue weighted by molar-refractivity contribution is 7.11. The van der Waals surface area contributed by atoms with E-state index >= 15 is 0 Å². The Kier molecular flexibility index (Phi) is 4.90. The van der Waals surface area contributed by atoms with Crippen molar-refractivity contribution in [2.24, 2.45) is 0 Å². The molecule has 0 aromatic carbocycles. The number of thiazole rings is 1. The number of nitrogens with one attached hydrogen (secondary N) is 1. The summed E-state index contributed by atoms with van der Waals surface area (Å²) in [5, 5.41) is 5.19. The number of hydrogen-bond donors (Lipinski definition) is 1. The standard InChI is InChI=1S/C12H12Cl3N3S/c1-3-7-5-16-12(19-7)6(2)17-11-9(14)4-8(13)10(15)18-11/h4-6H,3H2,1-2H3,(H,17,18). The number of aryl methyl sites for hydroxylation is 1. The van der Waals surface area contributed by atoms with Gasteiger partial charge in [-0.2, -0.15) is 0 Å². The molecular weight excluding hydrogens is 325 g/mol. The number of halogens is 3. The fraction of sp³-hybridized carbons (Fsp3) is 0.333. The Balaban J connectivity index is 2.18. The van der Waals surface area contributed by atoms with Gasteiger partial charge in [0.1, 0.15) is 16.0 Å². The third-order valence-electron chi connectivity index (χ3n) is 2.53. The van der Waals surface area contributed by atoms with Crippen LogP contribution in [0.2, 0.25) is 15.2 Å². The Morgan fingerprint density at radius 1 is 1.32 bits per heavy atom. The fourth-order valence-corrected chi connectivity index (χ4v) is 2.91. The van der Waals surface area contributed by atoms with E-state index in [0.717, 1.165) is 11.4 Å². The molecule has 0 aliphatic heterocycles. The first-order chi connectivity index (χ1) is 9.01. The molecule has 0 spiro atoms. The normalized spacial score (nSPS) is 12.5. The van der Waals surface area contributed by atoms with Crippen molar-refractivity contribution in [3.8, 4) is 0 Å². The molecule has 102 valence electrons. The van der Waals surface area contributed by atoms with Gasteiger partial charge in [0.25, 0.3) is 0 Å². The average molecular weight is 337 g/mol. The van der Waals surface area contributed by atoms with Crippen molar-refractivity contribution in [3.05, 3.63) is 37.3 Å². The molecule has 0 saturated carbocycles. The van der Waals surface area contributed by atoms with E-state index in [-0.39, 0.29) is 11.2 Å². The number of rotatable bonds is 4. The maximum Gasteiger partial charge on any atom is 0.150 e. The smallest absolute Gasteiger partial charge is 0.150 e. The van der Waals surface area contributed by atoms with Crippen molar-refractivity contribution in [1.82, 2.24) is 9.97 Å². The highest BCUT2D eigenvalue weighted by atomic mass is 35.5. The van der Waals surface area contributed by atoms with Gasteiger partial charge in [0.15, 0.2) is 0 Å². The average Bonchev–Trinajstić information content (AvgIpc) is 2.84. The van der Waals surface area contributed by atoms with Crippen molar-refractivity contribution < 1.29 is 0 Å². The van der Waals surface area contributed by atoms with Gasteiger partial charge in [-0.3, -0.25) is 0 Å². The maximum absolute atomic E-state index is 6.08. The van der Waals surface area contributed by atoms with Crippen LogP contribution in [-0.2, 0) is 6.42 Å². The van der Waals surface area contributed by atoms with Crippen molar-refractivity contribution in [2.45, 2.75) is 26.3 Å². The first-order valence-electron chi connectivity index (χ1n) is 5.74. The highest BCUT2D eigenvalue weighted by Gasteiger charge is 2.14. The third kappa shape index (κ3) is 3.51. The van der Waals surface area contributed by atoms with Gasteiger partial charge in [-0.15, -0.1) is 11.3 Å². The Bertz CT molecular complexity index is 586. The molecule has 0 saturated heterocycles. The molecular formula is C12H12Cl3N3S. The number of hydrogen-bond acceptors (Lipinski definition) is 4. The summed E-state index contributed by atoms with van der Waals surface area (Å²) < 4.78 is 0. The highest BCUT2D eigenvalue weighted by Crippen LogP contribution is 2.31. The first-order valence-corrected chi connectivity index (χ1v) is 7.69. The molecule has 2 aromatic rings. The van der Waals surface area contributed by atoms with E-state index in [1.807, 2.05) is 13.1 Å². The molecule has 1 unspecified atom stereocenters. The molecule has 0 bridgehead atoms. The van der Waals surface area contributed by atoms with Crippen LogP contribution in [0.3, 0.4) is 0 Å². The van der Waals surface area contributed by atoms with Crippen LogP contribution in [0.15, 0.2) is 12.3 Å². The summed E-state index contributed by atoms with van der Waals surface area (Å²) in [5.41, 5.74) is 0. The molecule has 0 aliphatic carbocycles. The van der Waals surface area contributed by atoms with E-state index in [9.17, 15) is 0 Å². The van der Waals surface area contributed by atoms with Gasteiger partial charge in [0, 0.05) is 11.1 Å². The lowest BCUT2D eigenvalue weighted by molar-refractivity contribution is 0.860. The lowest BCUT2D eigenvalue weighted by Gasteiger charge is -2.13. The van der Waals surface area contributed by atoms with Gasteiger partial charge in [-0.05, 0) is 19.4 Å². The monoisotopic (exact) mass is 335 g/mol. The zero-order chi connectivity index (χ0) is 14.0. The minimum Gasteiger partial charge on any atom is -0.360 e. The summed E-state index contributed by atoms with van der Waals surface area (Å²) in [6, 6.07) is 1.58. The van der Waals surface area contributed by atoms with E-state index in [4.69, 9.17) is 34.8 Å². The third-order valence-corrected chi connectivity index (χ3v) is 4.82. The summed E-state index contributed by atoms with van der Waals surface area (Å²) in [7, 11) is 0. The van der Waals surface area contributed by atoms with Crippen molar-refractivity contribution >= 4 is 52.0 Å². The van der Waals surface area contributed by atoms with Crippen LogP contribution in [0.25, 0.3) is 0 Å². The van der Waals surface area contributed by atoms with E-state index in [1.165, 1.54) is 4.88 Å². The fourth-order valence-electron chi connectivity index (χ4n) is 1.50. The van der Waals surface area contributed by atoms with Crippen LogP contribution in [0.1, 0.15) is 29.8 Å². The number of aromatic nitrogens is 2. The van der Waals surface area contributed by atoms with Crippen molar-refractivity contribution in [3.63, 3.8) is 0 Å². The molecule has 1 atom stereocenters. The first kappa shape index (κ1) is 14.9.